The van der Waals surface area contributed by atoms with Crippen LogP contribution in [-0.4, -0.2) is 22.4 Å². The number of hydrogen-bond acceptors (Lipinski definition) is 2. The summed E-state index contributed by atoms with van der Waals surface area (Å²) in [6, 6.07) is 0. The van der Waals surface area contributed by atoms with E-state index in [1.807, 2.05) is 13.8 Å². The van der Waals surface area contributed by atoms with E-state index >= 15 is 0 Å². The third-order valence-corrected chi connectivity index (χ3v) is 1.55. The Morgan fingerprint density at radius 2 is 1.60 bits per heavy atom. The summed E-state index contributed by atoms with van der Waals surface area (Å²) < 4.78 is 0. The van der Waals surface area contributed by atoms with Gasteiger partial charge in [0.15, 0.2) is 0 Å². The summed E-state index contributed by atoms with van der Waals surface area (Å²) in [5.74, 6) is 0.127. The third-order valence-electron chi connectivity index (χ3n) is 1.55. The molecule has 0 aliphatic rings. The number of rotatable bonds is 3. The van der Waals surface area contributed by atoms with Crippen molar-refractivity contribution in [3.05, 3.63) is 12.2 Å². The minimum atomic E-state index is -0.614. The molecule has 60 valence electrons. The molecule has 0 fully saturated rings. The summed E-state index contributed by atoms with van der Waals surface area (Å²) in [4.78, 5) is 0. The second-order valence-electron chi connectivity index (χ2n) is 2.94. The van der Waals surface area contributed by atoms with Crippen LogP contribution in [0, 0.1) is 5.92 Å². The predicted octanol–water partition coefficient (Wildman–Crippen LogP) is 0.940. The standard InChI is InChI=1S/C8H16O2/c1-5(2)8(10)6(3)7(4)9/h5,7-10H,3H2,1-2,4H3/t7-,8-/m1/s1. The predicted molar refractivity (Wildman–Crippen MR) is 41.7 cm³/mol. The SMILES string of the molecule is C=C([C@@H](C)O)[C@H](O)C(C)C. The average molecular weight is 144 g/mol. The summed E-state index contributed by atoms with van der Waals surface area (Å²) in [6.07, 6.45) is -1.20. The van der Waals surface area contributed by atoms with Crippen molar-refractivity contribution in [2.24, 2.45) is 5.92 Å². The number of hydrogen-bond donors (Lipinski definition) is 2. The van der Waals surface area contributed by atoms with Gasteiger partial charge < -0.3 is 10.2 Å². The lowest BCUT2D eigenvalue weighted by Gasteiger charge is -2.18. The van der Waals surface area contributed by atoms with Gasteiger partial charge >= 0.3 is 0 Å². The van der Waals surface area contributed by atoms with Crippen LogP contribution in [-0.2, 0) is 0 Å². The zero-order valence-electron chi connectivity index (χ0n) is 6.83. The Balaban J connectivity index is 3.95. The van der Waals surface area contributed by atoms with Gasteiger partial charge in [-0.2, -0.15) is 0 Å². The zero-order chi connectivity index (χ0) is 8.31. The van der Waals surface area contributed by atoms with Crippen LogP contribution >= 0.6 is 0 Å². The fourth-order valence-electron chi connectivity index (χ4n) is 0.675. The van der Waals surface area contributed by atoms with Crippen molar-refractivity contribution in [3.8, 4) is 0 Å². The molecule has 0 radical (unpaired) electrons. The fourth-order valence-corrected chi connectivity index (χ4v) is 0.675. The lowest BCUT2D eigenvalue weighted by atomic mass is 9.97. The Hall–Kier alpha value is -0.340. The third kappa shape index (κ3) is 2.50. The van der Waals surface area contributed by atoms with Crippen molar-refractivity contribution in [2.45, 2.75) is 33.0 Å². The van der Waals surface area contributed by atoms with E-state index in [1.54, 1.807) is 6.92 Å². The van der Waals surface area contributed by atoms with Crippen molar-refractivity contribution < 1.29 is 10.2 Å². The molecule has 10 heavy (non-hydrogen) atoms. The maximum atomic E-state index is 9.31. The van der Waals surface area contributed by atoms with Gasteiger partial charge in [-0.05, 0) is 18.4 Å². The van der Waals surface area contributed by atoms with Crippen molar-refractivity contribution in [3.63, 3.8) is 0 Å². The summed E-state index contributed by atoms with van der Waals surface area (Å²) in [7, 11) is 0. The van der Waals surface area contributed by atoms with Gasteiger partial charge in [0.05, 0.1) is 12.2 Å². The lowest BCUT2D eigenvalue weighted by Crippen LogP contribution is -2.23. The molecule has 0 aromatic heterocycles. The van der Waals surface area contributed by atoms with E-state index < -0.39 is 12.2 Å². The molecule has 2 N–H and O–H groups in total. The Morgan fingerprint density at radius 1 is 1.20 bits per heavy atom. The molecule has 0 aromatic carbocycles. The minimum Gasteiger partial charge on any atom is -0.389 e. The molecule has 0 spiro atoms. The van der Waals surface area contributed by atoms with Crippen molar-refractivity contribution in [1.82, 2.24) is 0 Å². The van der Waals surface area contributed by atoms with E-state index in [1.165, 1.54) is 0 Å². The highest BCUT2D eigenvalue weighted by molar-refractivity contribution is 5.07. The molecule has 0 bridgehead atoms. The first kappa shape index (κ1) is 9.66. The lowest BCUT2D eigenvalue weighted by molar-refractivity contribution is 0.121. The highest BCUT2D eigenvalue weighted by Crippen LogP contribution is 2.12. The molecule has 0 aliphatic heterocycles. The highest BCUT2D eigenvalue weighted by atomic mass is 16.3. The van der Waals surface area contributed by atoms with Gasteiger partial charge in [-0.3, -0.25) is 0 Å². The summed E-state index contributed by atoms with van der Waals surface area (Å²) in [6.45, 7) is 8.95. The van der Waals surface area contributed by atoms with E-state index in [2.05, 4.69) is 6.58 Å². The smallest absolute Gasteiger partial charge is 0.0795 e. The molecular weight excluding hydrogens is 128 g/mol. The van der Waals surface area contributed by atoms with E-state index in [0.29, 0.717) is 5.57 Å². The average Bonchev–Trinajstić information content (AvgIpc) is 1.84. The van der Waals surface area contributed by atoms with E-state index in [0.717, 1.165) is 0 Å². The van der Waals surface area contributed by atoms with E-state index in [-0.39, 0.29) is 5.92 Å². The first-order chi connectivity index (χ1) is 4.46. The minimum absolute atomic E-state index is 0.127. The topological polar surface area (TPSA) is 40.5 Å². The second kappa shape index (κ2) is 3.74. The second-order valence-corrected chi connectivity index (χ2v) is 2.94. The molecule has 0 saturated heterocycles. The van der Waals surface area contributed by atoms with Gasteiger partial charge in [0.25, 0.3) is 0 Å². The highest BCUT2D eigenvalue weighted by Gasteiger charge is 2.15. The van der Waals surface area contributed by atoms with Crippen molar-refractivity contribution in [2.75, 3.05) is 0 Å². The Bertz CT molecular complexity index is 116. The zero-order valence-corrected chi connectivity index (χ0v) is 6.83. The summed E-state index contributed by atoms with van der Waals surface area (Å²) in [5, 5.41) is 18.3. The van der Waals surface area contributed by atoms with Crippen LogP contribution < -0.4 is 0 Å². The van der Waals surface area contributed by atoms with Crippen LogP contribution in [0.3, 0.4) is 0 Å². The largest absolute Gasteiger partial charge is 0.389 e. The van der Waals surface area contributed by atoms with Crippen LogP contribution in [0.4, 0.5) is 0 Å². The summed E-state index contributed by atoms with van der Waals surface area (Å²) >= 11 is 0. The number of aliphatic hydroxyl groups is 2. The van der Waals surface area contributed by atoms with Crippen LogP contribution in [0.15, 0.2) is 12.2 Å². The summed E-state index contributed by atoms with van der Waals surface area (Å²) in [5.41, 5.74) is 0.495. The van der Waals surface area contributed by atoms with Crippen LogP contribution in [0.2, 0.25) is 0 Å². The van der Waals surface area contributed by atoms with Crippen LogP contribution in [0.5, 0.6) is 0 Å². The van der Waals surface area contributed by atoms with Crippen LogP contribution in [0.25, 0.3) is 0 Å². The molecule has 2 heteroatoms. The van der Waals surface area contributed by atoms with Gasteiger partial charge in [0.1, 0.15) is 0 Å². The first-order valence-corrected chi connectivity index (χ1v) is 3.51. The molecule has 0 aromatic rings. The molecule has 0 rings (SSSR count). The monoisotopic (exact) mass is 144 g/mol. The van der Waals surface area contributed by atoms with Gasteiger partial charge in [-0.25, -0.2) is 0 Å². The van der Waals surface area contributed by atoms with E-state index in [9.17, 15) is 5.11 Å². The van der Waals surface area contributed by atoms with Gasteiger partial charge in [0, 0.05) is 0 Å². The normalized spacial score (nSPS) is 17.0. The Labute approximate surface area is 62.2 Å². The Kier molecular flexibility index (Phi) is 3.61. The molecule has 2 atom stereocenters. The Morgan fingerprint density at radius 3 is 1.70 bits per heavy atom. The molecule has 2 nitrogen and oxygen atoms in total. The molecule has 0 amide bonds. The molecule has 0 unspecified atom stereocenters. The number of aliphatic hydroxyl groups excluding tert-OH is 2. The molecular formula is C8H16O2. The molecule has 0 saturated carbocycles. The van der Waals surface area contributed by atoms with E-state index in [4.69, 9.17) is 5.11 Å². The van der Waals surface area contributed by atoms with Crippen LogP contribution in [0.1, 0.15) is 20.8 Å². The van der Waals surface area contributed by atoms with Gasteiger partial charge in [-0.15, -0.1) is 0 Å². The van der Waals surface area contributed by atoms with Crippen molar-refractivity contribution in [1.29, 1.82) is 0 Å². The maximum absolute atomic E-state index is 9.31. The molecule has 0 heterocycles. The molecule has 0 aliphatic carbocycles. The quantitative estimate of drug-likeness (QED) is 0.579. The van der Waals surface area contributed by atoms with Gasteiger partial charge in [0.2, 0.25) is 0 Å². The maximum Gasteiger partial charge on any atom is 0.0795 e. The fraction of sp³-hybridized carbons (Fsp3) is 0.750. The first-order valence-electron chi connectivity index (χ1n) is 3.51. The van der Waals surface area contributed by atoms with Crippen molar-refractivity contribution >= 4 is 0 Å². The van der Waals surface area contributed by atoms with Gasteiger partial charge in [-0.1, -0.05) is 20.4 Å².